The fraction of sp³-hybridized carbons (Fsp3) is 0.467. The number of aromatic nitrogens is 2. The van der Waals surface area contributed by atoms with Gasteiger partial charge in [0.15, 0.2) is 0 Å². The maximum atomic E-state index is 13.9. The van der Waals surface area contributed by atoms with Gasteiger partial charge in [0.1, 0.15) is 29.1 Å². The lowest BCUT2D eigenvalue weighted by atomic mass is 9.97. The summed E-state index contributed by atoms with van der Waals surface area (Å²) in [6, 6.07) is 19.8. The number of H-pyrrole nitrogens is 1. The second-order valence-corrected chi connectivity index (χ2v) is 18.3. The molecule has 1 aromatic heterocycles. The van der Waals surface area contributed by atoms with Crippen LogP contribution in [0.5, 0.6) is 0 Å². The molecule has 316 valence electrons. The smallest absolute Gasteiger partial charge is 0.407 e. The van der Waals surface area contributed by atoms with Crippen LogP contribution in [0, 0.1) is 17.3 Å². The van der Waals surface area contributed by atoms with Gasteiger partial charge in [0.25, 0.3) is 0 Å². The molecule has 1 unspecified atom stereocenters. The first-order valence-corrected chi connectivity index (χ1v) is 21.8. The van der Waals surface area contributed by atoms with E-state index in [-0.39, 0.29) is 46.5 Å². The minimum Gasteiger partial charge on any atom is -0.453 e. The van der Waals surface area contributed by atoms with Gasteiger partial charge in [-0.1, -0.05) is 76.2 Å². The second-order valence-electron chi connectivity index (χ2n) is 17.2. The third-order valence-electron chi connectivity index (χ3n) is 12.4. The Morgan fingerprint density at radius 1 is 0.817 bits per heavy atom. The quantitative estimate of drug-likeness (QED) is 0.129. The Bertz CT molecular complexity index is 2310. The molecule has 8 rings (SSSR count). The minimum atomic E-state index is -0.686. The van der Waals surface area contributed by atoms with Crippen LogP contribution in [0.2, 0.25) is 0 Å². The van der Waals surface area contributed by atoms with Crippen molar-refractivity contribution < 1.29 is 28.7 Å². The van der Waals surface area contributed by atoms with Crippen molar-refractivity contribution in [3.05, 3.63) is 78.2 Å². The van der Waals surface area contributed by atoms with Crippen molar-refractivity contribution in [1.82, 2.24) is 35.7 Å². The van der Waals surface area contributed by atoms with Crippen molar-refractivity contribution in [2.75, 3.05) is 39.6 Å². The highest BCUT2D eigenvalue weighted by Crippen LogP contribution is 2.58. The number of hydrogen-bond donors (Lipinski definition) is 4. The van der Waals surface area contributed by atoms with Crippen LogP contribution >= 0.6 is 11.8 Å². The van der Waals surface area contributed by atoms with E-state index < -0.39 is 24.3 Å². The highest BCUT2D eigenvalue weighted by Gasteiger charge is 2.55. The van der Waals surface area contributed by atoms with E-state index in [1.54, 1.807) is 11.8 Å². The number of nitrogens with one attached hydrogen (secondary N) is 4. The molecule has 3 aliphatic heterocycles. The molecule has 3 fully saturated rings. The van der Waals surface area contributed by atoms with Gasteiger partial charge in [-0.05, 0) is 76.1 Å². The van der Waals surface area contributed by atoms with Crippen molar-refractivity contribution in [2.45, 2.75) is 76.5 Å². The average molecular weight is 835 g/mol. The second kappa shape index (κ2) is 16.8. The zero-order valence-electron chi connectivity index (χ0n) is 35.0. The summed E-state index contributed by atoms with van der Waals surface area (Å²) >= 11 is 1.68. The fourth-order valence-electron chi connectivity index (χ4n) is 8.70. The standard InChI is InChI=1S/C45H54N8O6S/c1-25(2)36(50-43(56)58-5)40(54)52-17-18-60-42(52)39-47-22-33(49-39)28-9-7-27(8-10-28)29-11-12-31-20-32(14-13-30(31)19-29)34-23-46-38(48-34)35-21-45(15-16-45)24-53(35)41(55)37(26(3)4)51-44(57)59-6/h7-14,19-20,23,25-26,33,35-37,42H,15-18,21-22,24H2,1-6H3,(H,46,48)(H,47,49)(H,50,56)(H,51,57)/t33?,35-,36-,37-,42-/m0/s1. The Labute approximate surface area is 354 Å². The molecule has 4 aromatic rings. The van der Waals surface area contributed by atoms with Crippen LogP contribution in [0.3, 0.4) is 0 Å². The van der Waals surface area contributed by atoms with Crippen LogP contribution in [-0.4, -0.2) is 107 Å². The van der Waals surface area contributed by atoms with E-state index in [1.807, 2.05) is 43.7 Å². The number of rotatable bonds is 11. The number of thioether (sulfide) groups is 1. The number of carbonyl (C=O) groups is 4. The molecule has 2 saturated heterocycles. The Morgan fingerprint density at radius 2 is 1.42 bits per heavy atom. The van der Waals surface area contributed by atoms with Gasteiger partial charge < -0.3 is 40.2 Å². The number of likely N-dealkylation sites (tertiary alicyclic amines) is 1. The van der Waals surface area contributed by atoms with Crippen molar-refractivity contribution >= 4 is 52.4 Å². The predicted octanol–water partition coefficient (Wildman–Crippen LogP) is 6.66. The van der Waals surface area contributed by atoms with Crippen molar-refractivity contribution in [3.63, 3.8) is 0 Å². The fourth-order valence-corrected chi connectivity index (χ4v) is 9.92. The summed E-state index contributed by atoms with van der Waals surface area (Å²) in [5.74, 6) is 1.89. The number of benzene rings is 3. The summed E-state index contributed by atoms with van der Waals surface area (Å²) in [7, 11) is 2.60. The van der Waals surface area contributed by atoms with Crippen LogP contribution in [0.4, 0.5) is 9.59 Å². The van der Waals surface area contributed by atoms with E-state index in [0.29, 0.717) is 19.6 Å². The summed E-state index contributed by atoms with van der Waals surface area (Å²) in [5.41, 5.74) is 5.35. The average Bonchev–Trinajstić information content (AvgIpc) is 3.79. The summed E-state index contributed by atoms with van der Waals surface area (Å²) in [6.07, 6.45) is 3.64. The van der Waals surface area contributed by atoms with Gasteiger partial charge >= 0.3 is 12.2 Å². The van der Waals surface area contributed by atoms with Crippen molar-refractivity contribution in [1.29, 1.82) is 0 Å². The van der Waals surface area contributed by atoms with Gasteiger partial charge in [-0.2, -0.15) is 0 Å². The molecule has 15 heteroatoms. The van der Waals surface area contributed by atoms with Crippen molar-refractivity contribution in [3.8, 4) is 22.4 Å². The van der Waals surface area contributed by atoms with Crippen LogP contribution < -0.4 is 16.0 Å². The Morgan fingerprint density at radius 3 is 2.03 bits per heavy atom. The number of aromatic amines is 1. The van der Waals surface area contributed by atoms with Crippen LogP contribution in [-0.2, 0) is 19.1 Å². The SMILES string of the molecule is COC(=O)N[C@H](C(=O)N1CCS[C@H]1C1=NCC(c2ccc(-c3ccc4cc(-c5cnc([C@@H]6CC7(CC7)CN6C(=O)[C@@H](NC(=O)OC)C(C)C)[nH]5)ccc4c3)cc2)N1)C(C)C. The highest BCUT2D eigenvalue weighted by atomic mass is 32.2. The first kappa shape index (κ1) is 41.2. The Balaban J connectivity index is 0.923. The first-order chi connectivity index (χ1) is 28.9. The van der Waals surface area contributed by atoms with Gasteiger partial charge in [-0.15, -0.1) is 11.8 Å². The number of fused-ring (bicyclic) bond motifs is 1. The third-order valence-corrected chi connectivity index (χ3v) is 13.6. The molecule has 0 bridgehead atoms. The Kier molecular flexibility index (Phi) is 11.5. The number of aliphatic imine (C=N–C) groups is 1. The molecule has 1 aliphatic carbocycles. The number of amides is 4. The molecule has 3 aromatic carbocycles. The van der Waals surface area contributed by atoms with E-state index >= 15 is 0 Å². The van der Waals surface area contributed by atoms with Crippen LogP contribution in [0.25, 0.3) is 33.2 Å². The third kappa shape index (κ3) is 8.28. The first-order valence-electron chi connectivity index (χ1n) is 20.8. The number of imidazole rings is 1. The summed E-state index contributed by atoms with van der Waals surface area (Å²) in [6.45, 7) is 9.48. The molecule has 4 amide bonds. The number of carbonyl (C=O) groups excluding carboxylic acids is 4. The zero-order valence-corrected chi connectivity index (χ0v) is 35.8. The van der Waals surface area contributed by atoms with Gasteiger partial charge in [0, 0.05) is 24.4 Å². The van der Waals surface area contributed by atoms with E-state index in [0.717, 1.165) is 75.4 Å². The maximum Gasteiger partial charge on any atom is 0.407 e. The molecule has 4 aliphatic rings. The molecule has 5 atom stereocenters. The molecule has 0 radical (unpaired) electrons. The predicted molar refractivity (Wildman–Crippen MR) is 232 cm³/mol. The van der Waals surface area contributed by atoms with E-state index in [2.05, 4.69) is 81.6 Å². The van der Waals surface area contributed by atoms with Crippen molar-refractivity contribution in [2.24, 2.45) is 22.2 Å². The van der Waals surface area contributed by atoms with E-state index in [4.69, 9.17) is 19.5 Å². The maximum absolute atomic E-state index is 13.9. The molecular weight excluding hydrogens is 781 g/mol. The zero-order chi connectivity index (χ0) is 42.3. The summed E-state index contributed by atoms with van der Waals surface area (Å²) in [4.78, 5) is 68.5. The number of nitrogens with zero attached hydrogens (tertiary/aromatic N) is 4. The lowest BCUT2D eigenvalue weighted by Crippen LogP contribution is -2.54. The molecule has 14 nitrogen and oxygen atoms in total. The van der Waals surface area contributed by atoms with Crippen LogP contribution in [0.1, 0.15) is 70.4 Å². The lowest BCUT2D eigenvalue weighted by Gasteiger charge is -2.30. The number of ether oxygens (including phenoxy) is 2. The topological polar surface area (TPSA) is 170 Å². The minimum absolute atomic E-state index is 0.00750. The number of methoxy groups -OCH3 is 2. The molecule has 1 spiro atoms. The largest absolute Gasteiger partial charge is 0.453 e. The molecular formula is C45H54N8O6S. The monoisotopic (exact) mass is 834 g/mol. The number of hydrogen-bond acceptors (Lipinski definition) is 10. The molecule has 1 saturated carbocycles. The lowest BCUT2D eigenvalue weighted by molar-refractivity contribution is -0.136. The molecule has 60 heavy (non-hydrogen) atoms. The molecule has 4 heterocycles. The van der Waals surface area contributed by atoms with Gasteiger partial charge in [-0.25, -0.2) is 14.6 Å². The normalized spacial score (nSPS) is 21.5. The summed E-state index contributed by atoms with van der Waals surface area (Å²) < 4.78 is 9.59. The van der Waals surface area contributed by atoms with Gasteiger partial charge in [-0.3, -0.25) is 14.6 Å². The van der Waals surface area contributed by atoms with Gasteiger partial charge in [0.2, 0.25) is 11.8 Å². The summed E-state index contributed by atoms with van der Waals surface area (Å²) in [5, 5.41) is 11.0. The van der Waals surface area contributed by atoms with E-state index in [9.17, 15) is 19.2 Å². The van der Waals surface area contributed by atoms with E-state index in [1.165, 1.54) is 14.2 Å². The Hall–Kier alpha value is -5.57. The number of amidine groups is 1. The van der Waals surface area contributed by atoms with Gasteiger partial charge in [0.05, 0.1) is 44.7 Å². The van der Waals surface area contributed by atoms with Crippen LogP contribution in [0.15, 0.2) is 71.9 Å². The highest BCUT2D eigenvalue weighted by molar-refractivity contribution is 8.00. The number of alkyl carbamates (subject to hydrolysis) is 2. The molecule has 4 N–H and O–H groups in total.